The third kappa shape index (κ3) is 4.74. The summed E-state index contributed by atoms with van der Waals surface area (Å²) >= 11 is 0. The highest BCUT2D eigenvalue weighted by Gasteiger charge is 2.23. The van der Waals surface area contributed by atoms with Crippen LogP contribution in [-0.2, 0) is 22.4 Å². The topological polar surface area (TPSA) is 132 Å². The van der Waals surface area contributed by atoms with Crippen LogP contribution in [0.4, 0.5) is 0 Å². The maximum absolute atomic E-state index is 11.4. The van der Waals surface area contributed by atoms with E-state index in [1.165, 1.54) is 0 Å². The molecule has 0 atom stereocenters. The molecule has 0 amide bonds. The lowest BCUT2D eigenvalue weighted by atomic mass is 10.0. The smallest absolute Gasteiger partial charge is 0.303 e. The molecule has 5 heterocycles. The Morgan fingerprint density at radius 3 is 1.35 bits per heavy atom. The SMILES string of the molecule is CC1=C(C)c2nc1cc1[nH]c(ccc3[nH]c(cc4nc2C(C)=C4C)c(C)c3CCC(=O)O)c(CCC(=O)O)c1C. The number of rotatable bonds is 6. The lowest BCUT2D eigenvalue weighted by Crippen LogP contribution is -1.98. The van der Waals surface area contributed by atoms with Crippen molar-refractivity contribution in [1.82, 2.24) is 19.9 Å². The summed E-state index contributed by atoms with van der Waals surface area (Å²) in [5.41, 5.74) is 15.0. The van der Waals surface area contributed by atoms with E-state index in [0.717, 1.165) is 89.4 Å². The quantitative estimate of drug-likeness (QED) is 0.271. The molecule has 0 radical (unpaired) electrons. The van der Waals surface area contributed by atoms with Crippen LogP contribution in [0.25, 0.3) is 44.4 Å². The van der Waals surface area contributed by atoms with Gasteiger partial charge in [-0.1, -0.05) is 0 Å². The van der Waals surface area contributed by atoms with Crippen LogP contribution in [0.5, 0.6) is 0 Å². The average Bonchev–Trinajstić information content (AvgIpc) is 3.55. The first-order chi connectivity index (χ1) is 19.0. The summed E-state index contributed by atoms with van der Waals surface area (Å²) in [5.74, 6) is -1.70. The predicted octanol–water partition coefficient (Wildman–Crippen LogP) is 6.87. The molecule has 3 aromatic rings. The molecule has 3 aromatic heterocycles. The van der Waals surface area contributed by atoms with Gasteiger partial charge in [0.05, 0.1) is 22.8 Å². The fourth-order valence-corrected chi connectivity index (χ4v) is 5.54. The van der Waals surface area contributed by atoms with Gasteiger partial charge < -0.3 is 20.2 Å². The van der Waals surface area contributed by atoms with Crippen molar-refractivity contribution in [3.8, 4) is 0 Å². The minimum absolute atomic E-state index is 0.0177. The van der Waals surface area contributed by atoms with Gasteiger partial charge in [-0.25, -0.2) is 9.97 Å². The molecule has 5 rings (SSSR count). The first-order valence-corrected chi connectivity index (χ1v) is 13.5. The maximum Gasteiger partial charge on any atom is 0.303 e. The van der Waals surface area contributed by atoms with Crippen LogP contribution in [0.2, 0.25) is 0 Å². The lowest BCUT2D eigenvalue weighted by Gasteiger charge is -2.00. The molecule has 8 nitrogen and oxygen atoms in total. The standard InChI is InChI=1S/C32H34N4O4/c1-15-17(3)31-32-18(4)16(2)26(36-32)14-28-20(6)22(8-12-30(39)40)24(34-28)10-9-23-21(7-11-29(37)38)19(5)27(33-23)13-25(15)35-31/h9-10,13-14,33-34H,7-8,11-12H2,1-6H3,(H,37,38)(H,39,40). The number of hydrogen-bond donors (Lipinski definition) is 4. The molecule has 0 saturated carbocycles. The summed E-state index contributed by atoms with van der Waals surface area (Å²) in [6, 6.07) is 7.95. The number of nitrogens with zero attached hydrogens (tertiary/aromatic N) is 2. The van der Waals surface area contributed by atoms with Gasteiger partial charge in [0.1, 0.15) is 0 Å². The molecule has 0 saturated heterocycles. The number of allylic oxidation sites excluding steroid dienone is 4. The Labute approximate surface area is 232 Å². The predicted molar refractivity (Wildman–Crippen MR) is 159 cm³/mol. The largest absolute Gasteiger partial charge is 0.481 e. The minimum atomic E-state index is -0.851. The summed E-state index contributed by atoms with van der Waals surface area (Å²) in [5, 5.41) is 18.8. The van der Waals surface area contributed by atoms with Gasteiger partial charge in [-0.3, -0.25) is 9.59 Å². The van der Waals surface area contributed by atoms with Gasteiger partial charge in [0.2, 0.25) is 0 Å². The number of aryl methyl sites for hydroxylation is 4. The van der Waals surface area contributed by atoms with Crippen LogP contribution in [0, 0.1) is 13.8 Å². The van der Waals surface area contributed by atoms with E-state index in [1.54, 1.807) is 0 Å². The molecule has 0 unspecified atom stereocenters. The van der Waals surface area contributed by atoms with E-state index in [-0.39, 0.29) is 12.8 Å². The fraction of sp³-hybridized carbons (Fsp3) is 0.312. The minimum Gasteiger partial charge on any atom is -0.481 e. The number of carboxylic acid groups (broad SMARTS) is 2. The molecule has 0 aromatic carbocycles. The molecule has 0 aliphatic carbocycles. The Morgan fingerprint density at radius 1 is 0.625 bits per heavy atom. The Balaban J connectivity index is 1.91. The second-order valence-corrected chi connectivity index (χ2v) is 10.7. The zero-order valence-electron chi connectivity index (χ0n) is 23.7. The van der Waals surface area contributed by atoms with E-state index >= 15 is 0 Å². The molecular weight excluding hydrogens is 504 g/mol. The van der Waals surface area contributed by atoms with Gasteiger partial charge in [-0.2, -0.15) is 0 Å². The third-order valence-electron chi connectivity index (χ3n) is 8.35. The molecule has 2 aliphatic rings. The Bertz CT molecular complexity index is 1690. The highest BCUT2D eigenvalue weighted by molar-refractivity contribution is 5.99. The Kier molecular flexibility index (Phi) is 6.96. The van der Waals surface area contributed by atoms with Gasteiger partial charge in [-0.15, -0.1) is 0 Å². The Hall–Kier alpha value is -4.46. The number of aliphatic carboxylic acids is 2. The second-order valence-electron chi connectivity index (χ2n) is 10.7. The summed E-state index contributed by atoms with van der Waals surface area (Å²) in [6.07, 6.45) is 0.805. The van der Waals surface area contributed by atoms with E-state index in [2.05, 4.69) is 37.7 Å². The van der Waals surface area contributed by atoms with E-state index in [1.807, 2.05) is 38.1 Å². The number of aromatic amines is 2. The van der Waals surface area contributed by atoms with E-state index in [0.29, 0.717) is 12.8 Å². The molecular formula is C32H34N4O4. The number of carboxylic acids is 2. The highest BCUT2D eigenvalue weighted by atomic mass is 16.4. The van der Waals surface area contributed by atoms with Crippen molar-refractivity contribution >= 4 is 56.3 Å². The van der Waals surface area contributed by atoms with E-state index < -0.39 is 11.9 Å². The van der Waals surface area contributed by atoms with Crippen LogP contribution in [0.3, 0.4) is 0 Å². The second kappa shape index (κ2) is 10.3. The maximum atomic E-state index is 11.4. The number of nitrogens with one attached hydrogen (secondary N) is 2. The first-order valence-electron chi connectivity index (χ1n) is 13.5. The van der Waals surface area contributed by atoms with Gasteiger partial charge >= 0.3 is 11.9 Å². The molecule has 8 heteroatoms. The van der Waals surface area contributed by atoms with Crippen LogP contribution in [-0.4, -0.2) is 42.1 Å². The number of carbonyl (C=O) groups is 2. The van der Waals surface area contributed by atoms with Crippen molar-refractivity contribution in [1.29, 1.82) is 0 Å². The molecule has 4 N–H and O–H groups in total. The number of H-pyrrole nitrogens is 2. The molecule has 206 valence electrons. The van der Waals surface area contributed by atoms with Crippen molar-refractivity contribution in [2.45, 2.75) is 67.2 Å². The van der Waals surface area contributed by atoms with Crippen LogP contribution < -0.4 is 0 Å². The molecule has 2 aliphatic heterocycles. The number of fused-ring (bicyclic) bond motifs is 9. The molecule has 8 bridgehead atoms. The van der Waals surface area contributed by atoms with Gasteiger partial charge in [0, 0.05) is 34.9 Å². The summed E-state index contributed by atoms with van der Waals surface area (Å²) < 4.78 is 0. The van der Waals surface area contributed by atoms with Crippen LogP contribution >= 0.6 is 0 Å². The fourth-order valence-electron chi connectivity index (χ4n) is 5.54. The van der Waals surface area contributed by atoms with Crippen molar-refractivity contribution in [3.63, 3.8) is 0 Å². The zero-order valence-corrected chi connectivity index (χ0v) is 23.7. The number of aromatic nitrogens is 4. The number of hydrogen-bond acceptors (Lipinski definition) is 4. The van der Waals surface area contributed by atoms with Crippen molar-refractivity contribution < 1.29 is 19.8 Å². The van der Waals surface area contributed by atoms with Crippen molar-refractivity contribution in [3.05, 3.63) is 69.3 Å². The van der Waals surface area contributed by atoms with Crippen molar-refractivity contribution in [2.75, 3.05) is 0 Å². The molecule has 40 heavy (non-hydrogen) atoms. The lowest BCUT2D eigenvalue weighted by molar-refractivity contribution is -0.138. The monoisotopic (exact) mass is 538 g/mol. The molecule has 0 spiro atoms. The average molecular weight is 539 g/mol. The molecule has 0 fully saturated rings. The first kappa shape index (κ1) is 27.1. The summed E-state index contributed by atoms with van der Waals surface area (Å²) in [7, 11) is 0. The van der Waals surface area contributed by atoms with E-state index in [9.17, 15) is 19.8 Å². The zero-order chi connectivity index (χ0) is 28.9. The Morgan fingerprint density at radius 2 is 1.00 bits per heavy atom. The van der Waals surface area contributed by atoms with Gasteiger partial charge in [0.25, 0.3) is 0 Å². The van der Waals surface area contributed by atoms with Crippen LogP contribution in [0.1, 0.15) is 85.6 Å². The van der Waals surface area contributed by atoms with E-state index in [4.69, 9.17) is 9.97 Å². The summed E-state index contributed by atoms with van der Waals surface area (Å²) in [4.78, 5) is 39.9. The summed E-state index contributed by atoms with van der Waals surface area (Å²) in [6.45, 7) is 12.3. The third-order valence-corrected chi connectivity index (χ3v) is 8.35. The van der Waals surface area contributed by atoms with Crippen molar-refractivity contribution in [2.24, 2.45) is 0 Å². The normalized spacial score (nSPS) is 13.3. The van der Waals surface area contributed by atoms with Crippen LogP contribution in [0.15, 0.2) is 24.3 Å². The van der Waals surface area contributed by atoms with Gasteiger partial charge in [-0.05, 0) is 123 Å². The van der Waals surface area contributed by atoms with Gasteiger partial charge in [0.15, 0.2) is 0 Å². The highest BCUT2D eigenvalue weighted by Crippen LogP contribution is 2.38.